The van der Waals surface area contributed by atoms with Crippen molar-refractivity contribution in [2.24, 2.45) is 0 Å². The molecule has 0 saturated heterocycles. The van der Waals surface area contributed by atoms with E-state index in [4.69, 9.17) is 0 Å². The number of carbonyl (C=O) groups excluding carboxylic acids is 1. The average Bonchev–Trinajstić information content (AvgIpc) is 2.59. The molecule has 1 N–H and O–H groups in total. The van der Waals surface area contributed by atoms with Crippen molar-refractivity contribution in [3.05, 3.63) is 89.0 Å². The van der Waals surface area contributed by atoms with Gasteiger partial charge in [-0.2, -0.15) is 0 Å². The van der Waals surface area contributed by atoms with Gasteiger partial charge in [0.2, 0.25) is 0 Å². The van der Waals surface area contributed by atoms with Gasteiger partial charge in [0.1, 0.15) is 11.6 Å². The van der Waals surface area contributed by atoms with E-state index in [2.05, 4.69) is 5.32 Å². The summed E-state index contributed by atoms with van der Waals surface area (Å²) in [6, 6.07) is 16.0. The lowest BCUT2D eigenvalue weighted by Gasteiger charge is -2.10. The van der Waals surface area contributed by atoms with Crippen molar-refractivity contribution in [2.45, 2.75) is 13.8 Å². The van der Waals surface area contributed by atoms with E-state index in [-0.39, 0.29) is 17.5 Å². The van der Waals surface area contributed by atoms with Crippen LogP contribution in [0.2, 0.25) is 0 Å². The zero-order valence-corrected chi connectivity index (χ0v) is 13.9. The molecule has 25 heavy (non-hydrogen) atoms. The lowest BCUT2D eigenvalue weighted by Crippen LogP contribution is -2.12. The highest BCUT2D eigenvalue weighted by Gasteiger charge is 2.11. The number of rotatable bonds is 3. The molecular formula is C21H17F2NO. The number of hydrogen-bond acceptors (Lipinski definition) is 1. The van der Waals surface area contributed by atoms with Gasteiger partial charge in [0, 0.05) is 11.3 Å². The Kier molecular flexibility index (Phi) is 4.61. The van der Waals surface area contributed by atoms with Crippen LogP contribution < -0.4 is 5.32 Å². The Hall–Kier alpha value is -3.01. The largest absolute Gasteiger partial charge is 0.322 e. The fourth-order valence-corrected chi connectivity index (χ4v) is 2.58. The normalized spacial score (nSPS) is 10.6. The highest BCUT2D eigenvalue weighted by Crippen LogP contribution is 2.25. The number of hydrogen-bond donors (Lipinski definition) is 1. The van der Waals surface area contributed by atoms with E-state index < -0.39 is 0 Å². The van der Waals surface area contributed by atoms with Crippen molar-refractivity contribution in [3.63, 3.8) is 0 Å². The van der Waals surface area contributed by atoms with Crippen LogP contribution in [0, 0.1) is 25.5 Å². The molecule has 0 atom stereocenters. The summed E-state index contributed by atoms with van der Waals surface area (Å²) < 4.78 is 26.7. The third kappa shape index (κ3) is 3.74. The summed E-state index contributed by atoms with van der Waals surface area (Å²) in [5.74, 6) is -1.00. The van der Waals surface area contributed by atoms with E-state index >= 15 is 0 Å². The van der Waals surface area contributed by atoms with E-state index in [1.807, 2.05) is 13.0 Å². The molecule has 0 fully saturated rings. The second kappa shape index (κ2) is 6.85. The first-order chi connectivity index (χ1) is 11.9. The number of aryl methyl sites for hydroxylation is 2. The monoisotopic (exact) mass is 337 g/mol. The molecule has 4 heteroatoms. The van der Waals surface area contributed by atoms with Gasteiger partial charge in [0.15, 0.2) is 0 Å². The fourth-order valence-electron chi connectivity index (χ4n) is 2.58. The van der Waals surface area contributed by atoms with Crippen LogP contribution in [0.5, 0.6) is 0 Å². The molecule has 0 aliphatic rings. The molecule has 3 rings (SSSR count). The molecule has 0 bridgehead atoms. The van der Waals surface area contributed by atoms with Gasteiger partial charge >= 0.3 is 0 Å². The molecule has 0 spiro atoms. The number of amides is 1. The third-order valence-electron chi connectivity index (χ3n) is 4.08. The minimum atomic E-state index is -0.367. The summed E-state index contributed by atoms with van der Waals surface area (Å²) in [5.41, 5.74) is 4.03. The number of carbonyl (C=O) groups is 1. The van der Waals surface area contributed by atoms with Gasteiger partial charge in [-0.05, 0) is 72.5 Å². The molecule has 1 amide bonds. The van der Waals surface area contributed by atoms with E-state index in [9.17, 15) is 13.6 Å². The number of benzene rings is 3. The Morgan fingerprint density at radius 1 is 0.840 bits per heavy atom. The maximum atomic E-state index is 13.6. The predicted molar refractivity (Wildman–Crippen MR) is 95.7 cm³/mol. The van der Waals surface area contributed by atoms with Crippen LogP contribution in [-0.2, 0) is 0 Å². The van der Waals surface area contributed by atoms with Crippen molar-refractivity contribution in [2.75, 3.05) is 5.32 Å². The van der Waals surface area contributed by atoms with Gasteiger partial charge in [-0.3, -0.25) is 4.79 Å². The van der Waals surface area contributed by atoms with Crippen LogP contribution in [-0.4, -0.2) is 5.91 Å². The second-order valence-corrected chi connectivity index (χ2v) is 5.95. The van der Waals surface area contributed by atoms with Gasteiger partial charge in [-0.1, -0.05) is 24.3 Å². The molecule has 0 aromatic heterocycles. The van der Waals surface area contributed by atoms with Crippen LogP contribution >= 0.6 is 0 Å². The lowest BCUT2D eigenvalue weighted by atomic mass is 9.98. The molecule has 3 aromatic rings. The van der Waals surface area contributed by atoms with Gasteiger partial charge in [-0.25, -0.2) is 8.78 Å². The smallest absolute Gasteiger partial charge is 0.255 e. The molecule has 126 valence electrons. The first-order valence-corrected chi connectivity index (χ1v) is 7.88. The fraction of sp³-hybridized carbons (Fsp3) is 0.0952. The Bertz CT molecular complexity index is 933. The van der Waals surface area contributed by atoms with E-state index in [0.29, 0.717) is 16.8 Å². The van der Waals surface area contributed by atoms with Crippen LogP contribution in [0.25, 0.3) is 11.1 Å². The summed E-state index contributed by atoms with van der Waals surface area (Å²) in [4.78, 5) is 12.5. The Balaban J connectivity index is 1.89. The predicted octanol–water partition coefficient (Wildman–Crippen LogP) is 5.50. The summed E-state index contributed by atoms with van der Waals surface area (Å²) in [5, 5.41) is 2.69. The van der Waals surface area contributed by atoms with Crippen LogP contribution in [0.15, 0.2) is 60.7 Å². The zero-order valence-electron chi connectivity index (χ0n) is 13.9. The Labute approximate surface area is 145 Å². The Morgan fingerprint density at radius 3 is 2.20 bits per heavy atom. The van der Waals surface area contributed by atoms with Crippen molar-refractivity contribution in [1.29, 1.82) is 0 Å². The summed E-state index contributed by atoms with van der Waals surface area (Å²) in [6.07, 6.45) is 0. The van der Waals surface area contributed by atoms with Crippen molar-refractivity contribution in [1.82, 2.24) is 0 Å². The van der Waals surface area contributed by atoms with Gasteiger partial charge in [0.05, 0.1) is 0 Å². The summed E-state index contributed by atoms with van der Waals surface area (Å²) in [6.45, 7) is 3.59. The highest BCUT2D eigenvalue weighted by molar-refractivity contribution is 6.05. The van der Waals surface area contributed by atoms with Crippen LogP contribution in [0.3, 0.4) is 0 Å². The summed E-state index contributed by atoms with van der Waals surface area (Å²) >= 11 is 0. The Morgan fingerprint density at radius 2 is 1.52 bits per heavy atom. The first-order valence-electron chi connectivity index (χ1n) is 7.88. The molecule has 0 radical (unpaired) electrons. The lowest BCUT2D eigenvalue weighted by molar-refractivity contribution is 0.102. The number of halogens is 2. The third-order valence-corrected chi connectivity index (χ3v) is 4.08. The van der Waals surface area contributed by atoms with Crippen LogP contribution in [0.4, 0.5) is 14.5 Å². The molecule has 0 unspecified atom stereocenters. The molecule has 0 heterocycles. The topological polar surface area (TPSA) is 29.1 Å². The quantitative estimate of drug-likeness (QED) is 0.672. The minimum absolute atomic E-state index is 0.309. The van der Waals surface area contributed by atoms with Crippen molar-refractivity contribution < 1.29 is 13.6 Å². The average molecular weight is 337 g/mol. The minimum Gasteiger partial charge on any atom is -0.322 e. The highest BCUT2D eigenvalue weighted by atomic mass is 19.1. The number of nitrogens with one attached hydrogen (secondary N) is 1. The van der Waals surface area contributed by atoms with Crippen molar-refractivity contribution in [3.8, 4) is 11.1 Å². The van der Waals surface area contributed by atoms with Gasteiger partial charge in [0.25, 0.3) is 5.91 Å². The summed E-state index contributed by atoms with van der Waals surface area (Å²) in [7, 11) is 0. The standard InChI is InChI=1S/C21H17F2NO/c1-13-3-5-16(11-19(13)15-6-8-17(22)9-7-15)21(25)24-18-10-4-14(2)20(23)12-18/h3-12H,1-2H3,(H,24,25). The molecular weight excluding hydrogens is 320 g/mol. The first kappa shape index (κ1) is 16.8. The second-order valence-electron chi connectivity index (χ2n) is 5.95. The van der Waals surface area contributed by atoms with Crippen molar-refractivity contribution >= 4 is 11.6 Å². The van der Waals surface area contributed by atoms with Crippen LogP contribution in [0.1, 0.15) is 21.5 Å². The molecule has 2 nitrogen and oxygen atoms in total. The SMILES string of the molecule is Cc1ccc(NC(=O)c2ccc(C)c(-c3ccc(F)cc3)c2)cc1F. The molecule has 0 aliphatic carbocycles. The molecule has 0 saturated carbocycles. The van der Waals surface area contributed by atoms with Gasteiger partial charge in [-0.15, -0.1) is 0 Å². The maximum Gasteiger partial charge on any atom is 0.255 e. The van der Waals surface area contributed by atoms with E-state index in [1.54, 1.807) is 43.3 Å². The van der Waals surface area contributed by atoms with E-state index in [0.717, 1.165) is 16.7 Å². The molecule has 0 aliphatic heterocycles. The van der Waals surface area contributed by atoms with Gasteiger partial charge < -0.3 is 5.32 Å². The number of anilines is 1. The zero-order chi connectivity index (χ0) is 18.0. The molecule has 3 aromatic carbocycles. The maximum absolute atomic E-state index is 13.6. The van der Waals surface area contributed by atoms with E-state index in [1.165, 1.54) is 18.2 Å².